The molecule has 0 aliphatic carbocycles. The second-order valence-corrected chi connectivity index (χ2v) is 6.68. The first-order chi connectivity index (χ1) is 12.0. The van der Waals surface area contributed by atoms with Crippen LogP contribution in [-0.2, 0) is 4.79 Å². The fourth-order valence-electron chi connectivity index (χ4n) is 3.15. The molecule has 1 aliphatic heterocycles. The third-order valence-electron chi connectivity index (χ3n) is 4.52. The summed E-state index contributed by atoms with van der Waals surface area (Å²) in [5.74, 6) is 1.48. The second kappa shape index (κ2) is 9.06. The van der Waals surface area contributed by atoms with Crippen molar-refractivity contribution in [3.63, 3.8) is 0 Å². The van der Waals surface area contributed by atoms with Crippen LogP contribution in [0.2, 0.25) is 0 Å². The van der Waals surface area contributed by atoms with Gasteiger partial charge < -0.3 is 19.7 Å². The number of carbonyl (C=O) groups excluding carboxylic acids is 1. The van der Waals surface area contributed by atoms with Gasteiger partial charge in [-0.25, -0.2) is 0 Å². The Hall–Kier alpha value is -1.79. The summed E-state index contributed by atoms with van der Waals surface area (Å²) in [5, 5.41) is 3.39. The highest BCUT2D eigenvalue weighted by Gasteiger charge is 2.33. The zero-order valence-corrected chi connectivity index (χ0v) is 16.0. The van der Waals surface area contributed by atoms with Gasteiger partial charge in [-0.15, -0.1) is 0 Å². The molecule has 0 saturated carbocycles. The Balaban J connectivity index is 2.40. The molecule has 1 aliphatic rings. The van der Waals surface area contributed by atoms with E-state index in [0.717, 1.165) is 31.6 Å². The van der Waals surface area contributed by atoms with Gasteiger partial charge in [-0.05, 0) is 31.0 Å². The molecule has 6 heteroatoms. The second-order valence-electron chi connectivity index (χ2n) is 6.68. The largest absolute Gasteiger partial charge is 0.493 e. The van der Waals surface area contributed by atoms with Crippen LogP contribution in [0.4, 0.5) is 0 Å². The lowest BCUT2D eigenvalue weighted by atomic mass is 10.00. The maximum Gasteiger partial charge on any atom is 0.244 e. The zero-order chi connectivity index (χ0) is 18.4. The summed E-state index contributed by atoms with van der Waals surface area (Å²) >= 11 is 0. The Morgan fingerprint density at radius 1 is 1.40 bits per heavy atom. The molecular formula is C19H31N3O3. The molecule has 0 radical (unpaired) electrons. The van der Waals surface area contributed by atoms with Gasteiger partial charge in [0.25, 0.3) is 0 Å². The van der Waals surface area contributed by atoms with Crippen molar-refractivity contribution in [3.8, 4) is 11.5 Å². The van der Waals surface area contributed by atoms with Crippen LogP contribution >= 0.6 is 0 Å². The first-order valence-electron chi connectivity index (χ1n) is 8.98. The number of likely N-dealkylation sites (N-methyl/N-ethyl adjacent to an activating group) is 1. The van der Waals surface area contributed by atoms with Crippen molar-refractivity contribution in [1.29, 1.82) is 0 Å². The van der Waals surface area contributed by atoms with E-state index in [0.29, 0.717) is 18.1 Å². The molecule has 25 heavy (non-hydrogen) atoms. The molecule has 2 atom stereocenters. The fourth-order valence-corrected chi connectivity index (χ4v) is 3.15. The summed E-state index contributed by atoms with van der Waals surface area (Å²) in [7, 11) is 5.25. The SMILES string of the molecule is CCCOc1cc(C(C(=O)N(C)C)N2CCNCC2C)ccc1OC. The molecule has 1 aromatic carbocycles. The van der Waals surface area contributed by atoms with Gasteiger partial charge >= 0.3 is 0 Å². The molecule has 0 spiro atoms. The van der Waals surface area contributed by atoms with Crippen LogP contribution in [0.3, 0.4) is 0 Å². The number of ether oxygens (including phenoxy) is 2. The van der Waals surface area contributed by atoms with Gasteiger partial charge in [0.15, 0.2) is 11.5 Å². The van der Waals surface area contributed by atoms with Crippen molar-refractivity contribution >= 4 is 5.91 Å². The first kappa shape index (κ1) is 19.5. The summed E-state index contributed by atoms with van der Waals surface area (Å²) in [6, 6.07) is 5.78. The van der Waals surface area contributed by atoms with Gasteiger partial charge in [0, 0.05) is 39.8 Å². The summed E-state index contributed by atoms with van der Waals surface area (Å²) in [5.41, 5.74) is 0.944. The average molecular weight is 349 g/mol. The molecule has 1 amide bonds. The topological polar surface area (TPSA) is 54.0 Å². The van der Waals surface area contributed by atoms with Gasteiger partial charge in [-0.2, -0.15) is 0 Å². The van der Waals surface area contributed by atoms with E-state index in [2.05, 4.69) is 24.1 Å². The highest BCUT2D eigenvalue weighted by molar-refractivity contribution is 5.83. The number of hydrogen-bond acceptors (Lipinski definition) is 5. The van der Waals surface area contributed by atoms with Gasteiger partial charge in [0.1, 0.15) is 6.04 Å². The van der Waals surface area contributed by atoms with E-state index >= 15 is 0 Å². The van der Waals surface area contributed by atoms with Crippen LogP contribution in [0, 0.1) is 0 Å². The first-order valence-corrected chi connectivity index (χ1v) is 8.98. The van der Waals surface area contributed by atoms with Crippen LogP contribution in [0.1, 0.15) is 31.9 Å². The number of rotatable bonds is 7. The van der Waals surface area contributed by atoms with Crippen LogP contribution in [-0.4, -0.2) is 69.2 Å². The van der Waals surface area contributed by atoms with E-state index in [1.165, 1.54) is 0 Å². The molecule has 1 fully saturated rings. The van der Waals surface area contributed by atoms with Crippen molar-refractivity contribution in [3.05, 3.63) is 23.8 Å². The maximum absolute atomic E-state index is 13.0. The smallest absolute Gasteiger partial charge is 0.244 e. The molecule has 2 rings (SSSR count). The number of hydrogen-bond donors (Lipinski definition) is 1. The normalized spacial score (nSPS) is 19.3. The number of benzene rings is 1. The number of nitrogens with one attached hydrogen (secondary N) is 1. The Morgan fingerprint density at radius 3 is 2.76 bits per heavy atom. The van der Waals surface area contributed by atoms with E-state index in [4.69, 9.17) is 9.47 Å². The predicted molar refractivity (Wildman–Crippen MR) is 99.3 cm³/mol. The monoisotopic (exact) mass is 349 g/mol. The number of nitrogens with zero attached hydrogens (tertiary/aromatic N) is 2. The molecular weight excluding hydrogens is 318 g/mol. The van der Waals surface area contributed by atoms with Crippen molar-refractivity contribution in [2.75, 3.05) is 47.4 Å². The maximum atomic E-state index is 13.0. The third kappa shape index (κ3) is 4.64. The van der Waals surface area contributed by atoms with Gasteiger partial charge in [0.05, 0.1) is 13.7 Å². The molecule has 0 bridgehead atoms. The molecule has 0 aromatic heterocycles. The number of carbonyl (C=O) groups is 1. The Labute approximate surface area is 151 Å². The van der Waals surface area contributed by atoms with Crippen LogP contribution in [0.25, 0.3) is 0 Å². The number of methoxy groups -OCH3 is 1. The van der Waals surface area contributed by atoms with Crippen LogP contribution in [0.5, 0.6) is 11.5 Å². The zero-order valence-electron chi connectivity index (χ0n) is 16.0. The van der Waals surface area contributed by atoms with E-state index in [1.54, 1.807) is 26.1 Å². The molecule has 1 saturated heterocycles. The van der Waals surface area contributed by atoms with E-state index < -0.39 is 0 Å². The minimum atomic E-state index is -0.318. The fraction of sp³-hybridized carbons (Fsp3) is 0.632. The van der Waals surface area contributed by atoms with E-state index in [1.807, 2.05) is 18.2 Å². The van der Waals surface area contributed by atoms with Crippen LogP contribution < -0.4 is 14.8 Å². The third-order valence-corrected chi connectivity index (χ3v) is 4.52. The van der Waals surface area contributed by atoms with Crippen molar-refractivity contribution in [1.82, 2.24) is 15.1 Å². The number of amides is 1. The minimum Gasteiger partial charge on any atom is -0.493 e. The predicted octanol–water partition coefficient (Wildman–Crippen LogP) is 1.91. The molecule has 6 nitrogen and oxygen atoms in total. The Morgan fingerprint density at radius 2 is 2.16 bits per heavy atom. The summed E-state index contributed by atoms with van der Waals surface area (Å²) < 4.78 is 11.2. The highest BCUT2D eigenvalue weighted by Crippen LogP contribution is 2.34. The average Bonchev–Trinajstić information content (AvgIpc) is 2.61. The highest BCUT2D eigenvalue weighted by atomic mass is 16.5. The lowest BCUT2D eigenvalue weighted by Gasteiger charge is -2.40. The Bertz CT molecular complexity index is 577. The van der Waals surface area contributed by atoms with Gasteiger partial charge in [-0.3, -0.25) is 9.69 Å². The van der Waals surface area contributed by atoms with Crippen molar-refractivity contribution < 1.29 is 14.3 Å². The van der Waals surface area contributed by atoms with Crippen molar-refractivity contribution in [2.24, 2.45) is 0 Å². The van der Waals surface area contributed by atoms with Crippen molar-refractivity contribution in [2.45, 2.75) is 32.4 Å². The molecule has 1 heterocycles. The molecule has 1 aromatic rings. The van der Waals surface area contributed by atoms with E-state index in [9.17, 15) is 4.79 Å². The summed E-state index contributed by atoms with van der Waals surface area (Å²) in [6.07, 6.45) is 0.919. The standard InChI is InChI=1S/C19H31N3O3/c1-6-11-25-17-12-15(7-8-16(17)24-5)18(19(23)21(3)4)22-10-9-20-13-14(22)2/h7-8,12,14,18,20H,6,9-11,13H2,1-5H3. The summed E-state index contributed by atoms with van der Waals surface area (Å²) in [6.45, 7) is 7.44. The van der Waals surface area contributed by atoms with Gasteiger partial charge in [-0.1, -0.05) is 13.0 Å². The minimum absolute atomic E-state index is 0.0837. The Kier molecular flexibility index (Phi) is 7.08. The van der Waals surface area contributed by atoms with E-state index in [-0.39, 0.29) is 18.0 Å². The molecule has 140 valence electrons. The van der Waals surface area contributed by atoms with Crippen LogP contribution in [0.15, 0.2) is 18.2 Å². The molecule has 1 N–H and O–H groups in total. The van der Waals surface area contributed by atoms with Gasteiger partial charge in [0.2, 0.25) is 5.91 Å². The lowest BCUT2D eigenvalue weighted by Crippen LogP contribution is -2.54. The quantitative estimate of drug-likeness (QED) is 0.815. The number of piperazine rings is 1. The molecule has 2 unspecified atom stereocenters. The lowest BCUT2D eigenvalue weighted by molar-refractivity contribution is -0.136. The summed E-state index contributed by atoms with van der Waals surface area (Å²) in [4.78, 5) is 16.9.